The van der Waals surface area contributed by atoms with Crippen molar-refractivity contribution in [2.75, 3.05) is 6.54 Å². The van der Waals surface area contributed by atoms with E-state index in [4.69, 9.17) is 0 Å². The molecular formula is C18H19FN2O2. The van der Waals surface area contributed by atoms with Crippen molar-refractivity contribution < 1.29 is 14.3 Å². The normalized spacial score (nSPS) is 19.7. The van der Waals surface area contributed by atoms with Crippen LogP contribution in [0.1, 0.15) is 35.7 Å². The molecule has 1 aromatic heterocycles. The van der Waals surface area contributed by atoms with Gasteiger partial charge in [0.1, 0.15) is 11.9 Å². The van der Waals surface area contributed by atoms with Crippen molar-refractivity contribution >= 4 is 5.97 Å². The second-order valence-electron chi connectivity index (χ2n) is 5.95. The molecule has 3 rings (SSSR count). The smallest absolute Gasteiger partial charge is 0.320 e. The van der Waals surface area contributed by atoms with Crippen molar-refractivity contribution in [3.63, 3.8) is 0 Å². The van der Waals surface area contributed by atoms with Crippen LogP contribution in [0.15, 0.2) is 42.6 Å². The van der Waals surface area contributed by atoms with Gasteiger partial charge in [0.25, 0.3) is 0 Å². The van der Waals surface area contributed by atoms with Crippen molar-refractivity contribution in [3.8, 4) is 0 Å². The number of pyridine rings is 1. The van der Waals surface area contributed by atoms with Gasteiger partial charge in [-0.3, -0.25) is 14.7 Å². The maximum atomic E-state index is 13.7. The first kappa shape index (κ1) is 15.6. The summed E-state index contributed by atoms with van der Waals surface area (Å²) in [7, 11) is 0. The summed E-state index contributed by atoms with van der Waals surface area (Å²) in [6.45, 7) is 2.61. The zero-order valence-electron chi connectivity index (χ0n) is 12.9. The second-order valence-corrected chi connectivity index (χ2v) is 5.95. The fourth-order valence-corrected chi connectivity index (χ4v) is 3.21. The van der Waals surface area contributed by atoms with E-state index < -0.39 is 12.0 Å². The van der Waals surface area contributed by atoms with Crippen LogP contribution in [0, 0.1) is 12.7 Å². The van der Waals surface area contributed by atoms with E-state index in [-0.39, 0.29) is 11.9 Å². The highest BCUT2D eigenvalue weighted by Gasteiger charge is 2.37. The van der Waals surface area contributed by atoms with Gasteiger partial charge in [-0.05, 0) is 49.1 Å². The lowest BCUT2D eigenvalue weighted by molar-refractivity contribution is -0.142. The largest absolute Gasteiger partial charge is 0.480 e. The van der Waals surface area contributed by atoms with Gasteiger partial charge in [0, 0.05) is 12.7 Å². The van der Waals surface area contributed by atoms with Crippen LogP contribution < -0.4 is 0 Å². The molecule has 2 heterocycles. The Labute approximate surface area is 134 Å². The number of likely N-dealkylation sites (tertiary alicyclic amines) is 1. The molecule has 1 aromatic carbocycles. The van der Waals surface area contributed by atoms with E-state index >= 15 is 0 Å². The number of hydrogen-bond donors (Lipinski definition) is 1. The first-order valence-corrected chi connectivity index (χ1v) is 7.73. The molecule has 0 aliphatic carbocycles. The van der Waals surface area contributed by atoms with Crippen molar-refractivity contribution in [2.24, 2.45) is 0 Å². The zero-order valence-corrected chi connectivity index (χ0v) is 12.9. The molecule has 120 valence electrons. The topological polar surface area (TPSA) is 53.4 Å². The number of carboxylic acids is 1. The van der Waals surface area contributed by atoms with Gasteiger partial charge in [-0.25, -0.2) is 4.39 Å². The molecule has 1 aliphatic rings. The summed E-state index contributed by atoms with van der Waals surface area (Å²) < 4.78 is 13.7. The van der Waals surface area contributed by atoms with Crippen molar-refractivity contribution in [1.82, 2.24) is 9.88 Å². The quantitative estimate of drug-likeness (QED) is 0.942. The number of rotatable bonds is 4. The fraction of sp³-hybridized carbons (Fsp3) is 0.333. The van der Waals surface area contributed by atoms with Gasteiger partial charge >= 0.3 is 5.97 Å². The minimum atomic E-state index is -0.837. The summed E-state index contributed by atoms with van der Waals surface area (Å²) >= 11 is 0. The lowest BCUT2D eigenvalue weighted by Gasteiger charge is -2.31. The summed E-state index contributed by atoms with van der Waals surface area (Å²) in [5.41, 5.74) is 2.51. The highest BCUT2D eigenvalue weighted by atomic mass is 19.1. The van der Waals surface area contributed by atoms with Crippen LogP contribution >= 0.6 is 0 Å². The number of nitrogens with zero attached hydrogens (tertiary/aromatic N) is 2. The SMILES string of the molecule is Cc1ccc(C(c2cccc(F)c2)N2CCCC2C(=O)O)nc1. The predicted molar refractivity (Wildman–Crippen MR) is 84.6 cm³/mol. The summed E-state index contributed by atoms with van der Waals surface area (Å²) in [5, 5.41) is 9.49. The van der Waals surface area contributed by atoms with E-state index in [1.165, 1.54) is 12.1 Å². The van der Waals surface area contributed by atoms with Gasteiger partial charge in [0.15, 0.2) is 0 Å². The Balaban J connectivity index is 2.06. The van der Waals surface area contributed by atoms with Crippen LogP contribution in [0.3, 0.4) is 0 Å². The summed E-state index contributed by atoms with van der Waals surface area (Å²) in [5.74, 6) is -1.17. The fourth-order valence-electron chi connectivity index (χ4n) is 3.21. The number of benzene rings is 1. The van der Waals surface area contributed by atoms with E-state index in [0.717, 1.165) is 23.2 Å². The first-order chi connectivity index (χ1) is 11.1. The Kier molecular flexibility index (Phi) is 4.39. The van der Waals surface area contributed by atoms with Gasteiger partial charge < -0.3 is 5.11 Å². The Morgan fingerprint density at radius 3 is 2.87 bits per heavy atom. The van der Waals surface area contributed by atoms with E-state index in [2.05, 4.69) is 4.98 Å². The van der Waals surface area contributed by atoms with E-state index in [1.54, 1.807) is 12.3 Å². The Morgan fingerprint density at radius 1 is 1.39 bits per heavy atom. The molecule has 1 saturated heterocycles. The Hall–Kier alpha value is -2.27. The zero-order chi connectivity index (χ0) is 16.4. The van der Waals surface area contributed by atoms with E-state index in [1.807, 2.05) is 30.0 Å². The molecule has 1 fully saturated rings. The van der Waals surface area contributed by atoms with Crippen molar-refractivity contribution in [3.05, 3.63) is 65.2 Å². The maximum absolute atomic E-state index is 13.7. The molecule has 4 nitrogen and oxygen atoms in total. The monoisotopic (exact) mass is 314 g/mol. The highest BCUT2D eigenvalue weighted by Crippen LogP contribution is 2.34. The van der Waals surface area contributed by atoms with Crippen molar-refractivity contribution in [2.45, 2.75) is 31.8 Å². The van der Waals surface area contributed by atoms with Crippen molar-refractivity contribution in [1.29, 1.82) is 0 Å². The summed E-state index contributed by atoms with van der Waals surface area (Å²) in [6.07, 6.45) is 3.18. The molecule has 1 aliphatic heterocycles. The van der Waals surface area contributed by atoms with Crippen LogP contribution in [0.2, 0.25) is 0 Å². The van der Waals surface area contributed by atoms with Gasteiger partial charge in [-0.2, -0.15) is 0 Å². The number of halogens is 1. The van der Waals surface area contributed by atoms with Crippen LogP contribution in [0.25, 0.3) is 0 Å². The van der Waals surface area contributed by atoms with Gasteiger partial charge in [-0.15, -0.1) is 0 Å². The number of carbonyl (C=O) groups is 1. The lowest BCUT2D eigenvalue weighted by Crippen LogP contribution is -2.39. The number of aromatic nitrogens is 1. The molecule has 0 spiro atoms. The van der Waals surface area contributed by atoms with Gasteiger partial charge in [-0.1, -0.05) is 18.2 Å². The molecule has 0 saturated carbocycles. The average molecular weight is 314 g/mol. The third kappa shape index (κ3) is 3.24. The van der Waals surface area contributed by atoms with Gasteiger partial charge in [0.05, 0.1) is 11.7 Å². The molecule has 5 heteroatoms. The average Bonchev–Trinajstić information content (AvgIpc) is 2.99. The van der Waals surface area contributed by atoms with E-state index in [9.17, 15) is 14.3 Å². The third-order valence-corrected chi connectivity index (χ3v) is 4.29. The van der Waals surface area contributed by atoms with Crippen LogP contribution in [-0.2, 0) is 4.79 Å². The number of carboxylic acid groups (broad SMARTS) is 1. The first-order valence-electron chi connectivity index (χ1n) is 7.73. The summed E-state index contributed by atoms with van der Waals surface area (Å²) in [4.78, 5) is 17.9. The summed E-state index contributed by atoms with van der Waals surface area (Å²) in [6, 6.07) is 9.25. The number of hydrogen-bond acceptors (Lipinski definition) is 3. The molecule has 23 heavy (non-hydrogen) atoms. The van der Waals surface area contributed by atoms with Crippen LogP contribution in [0.5, 0.6) is 0 Å². The molecule has 1 N–H and O–H groups in total. The lowest BCUT2D eigenvalue weighted by atomic mass is 9.99. The molecule has 0 radical (unpaired) electrons. The Morgan fingerprint density at radius 2 is 2.22 bits per heavy atom. The minimum Gasteiger partial charge on any atom is -0.480 e. The molecule has 2 aromatic rings. The second kappa shape index (κ2) is 6.46. The minimum absolute atomic E-state index is 0.328. The maximum Gasteiger partial charge on any atom is 0.320 e. The third-order valence-electron chi connectivity index (χ3n) is 4.29. The number of aliphatic carboxylic acids is 1. The van der Waals surface area contributed by atoms with Crippen LogP contribution in [0.4, 0.5) is 4.39 Å². The van der Waals surface area contributed by atoms with E-state index in [0.29, 0.717) is 13.0 Å². The van der Waals surface area contributed by atoms with Gasteiger partial charge in [0.2, 0.25) is 0 Å². The van der Waals surface area contributed by atoms with Crippen LogP contribution in [-0.4, -0.2) is 33.5 Å². The molecular weight excluding hydrogens is 295 g/mol. The molecule has 0 bridgehead atoms. The number of aryl methyl sites for hydroxylation is 1. The molecule has 2 unspecified atom stereocenters. The predicted octanol–water partition coefficient (Wildman–Crippen LogP) is 3.17. The molecule has 2 atom stereocenters. The standard InChI is InChI=1S/C18H19FN2O2/c1-12-7-8-15(20-11-12)17(13-4-2-5-14(19)10-13)21-9-3-6-16(21)18(22)23/h2,4-5,7-8,10-11,16-17H,3,6,9H2,1H3,(H,22,23). The molecule has 0 amide bonds. The Bertz CT molecular complexity index is 702. The highest BCUT2D eigenvalue weighted by molar-refractivity contribution is 5.74.